The first kappa shape index (κ1) is 13.3. The van der Waals surface area contributed by atoms with Crippen LogP contribution in [0.4, 0.5) is 5.69 Å². The predicted molar refractivity (Wildman–Crippen MR) is 64.1 cm³/mol. The Balaban J connectivity index is 2.63. The fourth-order valence-electron chi connectivity index (χ4n) is 1.30. The van der Waals surface area contributed by atoms with Crippen molar-refractivity contribution in [2.45, 2.75) is 12.5 Å². The van der Waals surface area contributed by atoms with E-state index in [2.05, 4.69) is 10.1 Å². The van der Waals surface area contributed by atoms with Gasteiger partial charge in [0.25, 0.3) is 0 Å². The molecule has 0 heterocycles. The second-order valence-corrected chi connectivity index (χ2v) is 3.85. The summed E-state index contributed by atoms with van der Waals surface area (Å²) in [6.45, 7) is 1.46. The van der Waals surface area contributed by atoms with Gasteiger partial charge in [-0.25, -0.2) is 4.79 Å². The highest BCUT2D eigenvalue weighted by Gasteiger charge is 2.31. The zero-order valence-corrected chi connectivity index (χ0v) is 10.2. The zero-order valence-electron chi connectivity index (χ0n) is 10.2. The maximum Gasteiger partial charge on any atom is 0.339 e. The monoisotopic (exact) mass is 239 g/mol. The second-order valence-electron chi connectivity index (χ2n) is 3.85. The predicted octanol–water partition coefficient (Wildman–Crippen LogP) is 1.03. The summed E-state index contributed by atoms with van der Waals surface area (Å²) in [6.07, 6.45) is 0. The Kier molecular flexibility index (Phi) is 4.34. The average molecular weight is 239 g/mol. The zero-order chi connectivity index (χ0) is 12.9. The quantitative estimate of drug-likeness (QED) is 0.751. The number of methoxy groups -OCH3 is 2. The molecule has 5 nitrogen and oxygen atoms in total. The van der Waals surface area contributed by atoms with Crippen molar-refractivity contribution < 1.29 is 19.4 Å². The summed E-state index contributed by atoms with van der Waals surface area (Å²) < 4.78 is 9.56. The average Bonchev–Trinajstić information content (AvgIpc) is 2.35. The van der Waals surface area contributed by atoms with Crippen molar-refractivity contribution in [2.75, 3.05) is 26.1 Å². The summed E-state index contributed by atoms with van der Waals surface area (Å²) in [7, 11) is 2.81. The van der Waals surface area contributed by atoms with Gasteiger partial charge in [-0.2, -0.15) is 0 Å². The molecular weight excluding hydrogens is 222 g/mol. The number of hydrogen-bond donors (Lipinski definition) is 2. The molecule has 0 bridgehead atoms. The van der Waals surface area contributed by atoms with Crippen LogP contribution >= 0.6 is 0 Å². The first-order valence-corrected chi connectivity index (χ1v) is 5.18. The Morgan fingerprint density at radius 1 is 1.47 bits per heavy atom. The summed E-state index contributed by atoms with van der Waals surface area (Å²) in [5.41, 5.74) is -0.800. The van der Waals surface area contributed by atoms with E-state index in [1.807, 2.05) is 18.2 Å². The van der Waals surface area contributed by atoms with Crippen LogP contribution < -0.4 is 10.1 Å². The minimum Gasteiger partial charge on any atom is -0.497 e. The van der Waals surface area contributed by atoms with Gasteiger partial charge in [-0.1, -0.05) is 6.07 Å². The molecule has 0 radical (unpaired) electrons. The smallest absolute Gasteiger partial charge is 0.339 e. The van der Waals surface area contributed by atoms with Crippen molar-refractivity contribution in [1.82, 2.24) is 0 Å². The van der Waals surface area contributed by atoms with E-state index in [1.165, 1.54) is 14.0 Å². The summed E-state index contributed by atoms with van der Waals surface area (Å²) in [5, 5.41) is 12.7. The van der Waals surface area contributed by atoms with Crippen LogP contribution in [0.5, 0.6) is 5.75 Å². The molecule has 1 aromatic carbocycles. The van der Waals surface area contributed by atoms with Crippen LogP contribution in [0.25, 0.3) is 0 Å². The first-order chi connectivity index (χ1) is 7.99. The number of rotatable bonds is 5. The van der Waals surface area contributed by atoms with E-state index in [1.54, 1.807) is 13.2 Å². The third-order valence-corrected chi connectivity index (χ3v) is 2.33. The fourth-order valence-corrected chi connectivity index (χ4v) is 1.30. The molecule has 0 spiro atoms. The second kappa shape index (κ2) is 5.54. The lowest BCUT2D eigenvalue weighted by Gasteiger charge is -2.21. The summed E-state index contributed by atoms with van der Waals surface area (Å²) in [5.74, 6) is 0.0283. The third kappa shape index (κ3) is 3.64. The van der Waals surface area contributed by atoms with Crippen LogP contribution in [-0.2, 0) is 9.53 Å². The molecule has 5 heteroatoms. The molecule has 2 N–H and O–H groups in total. The molecule has 1 unspecified atom stereocenters. The summed E-state index contributed by atoms with van der Waals surface area (Å²) in [4.78, 5) is 11.2. The molecule has 0 fully saturated rings. The van der Waals surface area contributed by atoms with Gasteiger partial charge in [0.2, 0.25) is 0 Å². The van der Waals surface area contributed by atoms with Crippen LogP contribution in [-0.4, -0.2) is 37.4 Å². The number of benzene rings is 1. The SMILES string of the molecule is COC(=O)C(C)(O)CNc1cccc(OC)c1. The van der Waals surface area contributed by atoms with Crippen molar-refractivity contribution in [3.63, 3.8) is 0 Å². The van der Waals surface area contributed by atoms with Gasteiger partial charge in [0.15, 0.2) is 5.60 Å². The van der Waals surface area contributed by atoms with Crippen LogP contribution in [0.1, 0.15) is 6.92 Å². The van der Waals surface area contributed by atoms with Gasteiger partial charge in [0.05, 0.1) is 20.8 Å². The Morgan fingerprint density at radius 3 is 2.76 bits per heavy atom. The Bertz CT molecular complexity index is 390. The van der Waals surface area contributed by atoms with Crippen molar-refractivity contribution in [3.05, 3.63) is 24.3 Å². The van der Waals surface area contributed by atoms with Crippen molar-refractivity contribution in [1.29, 1.82) is 0 Å². The van der Waals surface area contributed by atoms with Gasteiger partial charge >= 0.3 is 5.97 Å². The molecule has 17 heavy (non-hydrogen) atoms. The molecule has 0 saturated heterocycles. The van der Waals surface area contributed by atoms with Gasteiger partial charge < -0.3 is 19.9 Å². The van der Waals surface area contributed by atoms with E-state index in [-0.39, 0.29) is 6.54 Å². The van der Waals surface area contributed by atoms with Gasteiger partial charge in [0, 0.05) is 11.8 Å². The number of carbonyl (C=O) groups is 1. The van der Waals surface area contributed by atoms with E-state index in [9.17, 15) is 9.90 Å². The lowest BCUT2D eigenvalue weighted by atomic mass is 10.1. The van der Waals surface area contributed by atoms with E-state index in [4.69, 9.17) is 4.74 Å². The van der Waals surface area contributed by atoms with Crippen LogP contribution in [0.2, 0.25) is 0 Å². The lowest BCUT2D eigenvalue weighted by Crippen LogP contribution is -2.42. The van der Waals surface area contributed by atoms with E-state index >= 15 is 0 Å². The Morgan fingerprint density at radius 2 is 2.18 bits per heavy atom. The highest BCUT2D eigenvalue weighted by Crippen LogP contribution is 2.17. The van der Waals surface area contributed by atoms with Gasteiger partial charge in [-0.15, -0.1) is 0 Å². The number of anilines is 1. The molecule has 0 aromatic heterocycles. The molecule has 0 aliphatic carbocycles. The van der Waals surface area contributed by atoms with Crippen molar-refractivity contribution in [2.24, 2.45) is 0 Å². The van der Waals surface area contributed by atoms with Crippen molar-refractivity contribution >= 4 is 11.7 Å². The third-order valence-electron chi connectivity index (χ3n) is 2.33. The normalized spacial score (nSPS) is 13.6. The number of aliphatic hydroxyl groups is 1. The molecule has 1 aromatic rings. The number of nitrogens with one attached hydrogen (secondary N) is 1. The molecular formula is C12H17NO4. The largest absolute Gasteiger partial charge is 0.497 e. The summed E-state index contributed by atoms with van der Waals surface area (Å²) >= 11 is 0. The van der Waals surface area contributed by atoms with Crippen molar-refractivity contribution in [3.8, 4) is 5.75 Å². The molecule has 0 saturated carbocycles. The Hall–Kier alpha value is -1.75. The molecule has 0 aliphatic heterocycles. The molecule has 0 amide bonds. The minimum absolute atomic E-state index is 0.0623. The van der Waals surface area contributed by atoms with Gasteiger partial charge in [-0.05, 0) is 19.1 Å². The van der Waals surface area contributed by atoms with E-state index in [0.29, 0.717) is 5.75 Å². The van der Waals surface area contributed by atoms with Crippen LogP contribution in [0.3, 0.4) is 0 Å². The number of hydrogen-bond acceptors (Lipinski definition) is 5. The molecule has 0 aliphatic rings. The van der Waals surface area contributed by atoms with Gasteiger partial charge in [-0.3, -0.25) is 0 Å². The molecule has 94 valence electrons. The highest BCUT2D eigenvalue weighted by molar-refractivity contribution is 5.79. The Labute approximate surface area is 100 Å². The standard InChI is InChI=1S/C12H17NO4/c1-12(15,11(14)17-3)8-13-9-5-4-6-10(7-9)16-2/h4-7,13,15H,8H2,1-3H3. The fraction of sp³-hybridized carbons (Fsp3) is 0.417. The summed E-state index contributed by atoms with van der Waals surface area (Å²) in [6, 6.07) is 7.21. The van der Waals surface area contributed by atoms with Crippen LogP contribution in [0, 0.1) is 0 Å². The number of ether oxygens (including phenoxy) is 2. The maximum absolute atomic E-state index is 11.2. The topological polar surface area (TPSA) is 67.8 Å². The number of esters is 1. The molecule has 1 atom stereocenters. The lowest BCUT2D eigenvalue weighted by molar-refractivity contribution is -0.158. The molecule has 1 rings (SSSR count). The maximum atomic E-state index is 11.2. The minimum atomic E-state index is -1.56. The van der Waals surface area contributed by atoms with E-state index in [0.717, 1.165) is 5.69 Å². The van der Waals surface area contributed by atoms with E-state index < -0.39 is 11.6 Å². The first-order valence-electron chi connectivity index (χ1n) is 5.18. The number of carbonyl (C=O) groups excluding carboxylic acids is 1. The van der Waals surface area contributed by atoms with Gasteiger partial charge in [0.1, 0.15) is 5.75 Å². The highest BCUT2D eigenvalue weighted by atomic mass is 16.5. The van der Waals surface area contributed by atoms with Crippen LogP contribution in [0.15, 0.2) is 24.3 Å².